The number of anilines is 1. The minimum Gasteiger partial charge on any atom is -0.324 e. The molecular formula is C31H23N5O5S3. The first-order chi connectivity index (χ1) is 21.0. The van der Waals surface area contributed by atoms with Gasteiger partial charge in [0.1, 0.15) is 20.6 Å². The number of rotatable bonds is 8. The third-order valence-corrected chi connectivity index (χ3v) is 9.67. The lowest BCUT2D eigenvalue weighted by molar-refractivity contribution is -0.126. The number of aryl methyl sites for hydroxylation is 1. The Morgan fingerprint density at radius 1 is 0.841 bits per heavy atom. The lowest BCUT2D eigenvalue weighted by atomic mass is 10.2. The minimum absolute atomic E-state index is 0.232. The quantitative estimate of drug-likeness (QED) is 0.0993. The second-order valence-corrected chi connectivity index (χ2v) is 13.4. The smallest absolute Gasteiger partial charge is 0.296 e. The molecule has 0 aliphatic heterocycles. The van der Waals surface area contributed by atoms with E-state index in [4.69, 9.17) is 9.97 Å². The number of benzene rings is 4. The largest absolute Gasteiger partial charge is 0.324 e. The van der Waals surface area contributed by atoms with E-state index < -0.39 is 32.7 Å². The van der Waals surface area contributed by atoms with Crippen LogP contribution in [0, 0.1) is 6.92 Å². The molecule has 6 rings (SSSR count). The molecule has 1 unspecified atom stereocenters. The van der Waals surface area contributed by atoms with Crippen LogP contribution in [0.1, 0.15) is 12.5 Å². The summed E-state index contributed by atoms with van der Waals surface area (Å²) in [5.41, 5.74) is 4.36. The van der Waals surface area contributed by atoms with Crippen LogP contribution in [0.25, 0.3) is 41.6 Å². The fraction of sp³-hybridized carbons (Fsp3) is 0.0968. The lowest BCUT2D eigenvalue weighted by Gasteiger charge is -2.10. The maximum absolute atomic E-state index is 12.7. The number of carbonyl (C=O) groups excluding carboxylic acids is 2. The van der Waals surface area contributed by atoms with Gasteiger partial charge in [0, 0.05) is 16.8 Å². The summed E-state index contributed by atoms with van der Waals surface area (Å²) in [6, 6.07) is 23.2. The van der Waals surface area contributed by atoms with Crippen LogP contribution in [0.15, 0.2) is 100 Å². The highest BCUT2D eigenvalue weighted by Crippen LogP contribution is 2.37. The van der Waals surface area contributed by atoms with Crippen LogP contribution in [-0.4, -0.2) is 40.7 Å². The number of azo groups is 1. The summed E-state index contributed by atoms with van der Waals surface area (Å²) in [7, 11) is -4.76. The Morgan fingerprint density at radius 2 is 1.45 bits per heavy atom. The Balaban J connectivity index is 1.31. The third kappa shape index (κ3) is 6.17. The number of carbonyl (C=O) groups is 2. The van der Waals surface area contributed by atoms with E-state index in [1.807, 2.05) is 31.2 Å². The molecule has 0 aliphatic carbocycles. The van der Waals surface area contributed by atoms with Crippen molar-refractivity contribution >= 4 is 76.3 Å². The molecule has 4 aromatic carbocycles. The summed E-state index contributed by atoms with van der Waals surface area (Å²) in [6.07, 6.45) is 0. The Hall–Kier alpha value is -4.69. The first-order valence-electron chi connectivity index (χ1n) is 13.2. The Bertz CT molecular complexity index is 2210. The first kappa shape index (κ1) is 29.4. The van der Waals surface area contributed by atoms with Gasteiger partial charge in [-0.05, 0) is 74.0 Å². The molecule has 0 fully saturated rings. The average molecular weight is 642 g/mol. The van der Waals surface area contributed by atoms with E-state index in [2.05, 4.69) is 27.7 Å². The normalized spacial score (nSPS) is 12.6. The molecule has 220 valence electrons. The second kappa shape index (κ2) is 11.8. The molecule has 0 spiro atoms. The highest BCUT2D eigenvalue weighted by atomic mass is 32.2. The molecule has 13 heteroatoms. The van der Waals surface area contributed by atoms with E-state index in [1.165, 1.54) is 30.4 Å². The van der Waals surface area contributed by atoms with Crippen LogP contribution in [0.3, 0.4) is 0 Å². The number of nitrogens with zero attached hydrogens (tertiary/aromatic N) is 4. The standard InChI is InChI=1S/C31H23N5O5S3/c1-17-8-12-25-23(14-17)33-30(42-25)19-10-13-26-24(15-19)34-31(43-26)20-9-11-22(27(16-20)44(39,40)41)35-36-28(18(2)37)29(38)32-21-6-4-3-5-7-21/h3-16,28H,1-2H3,(H,32,38)(H,39,40,41). The number of thiazole rings is 2. The van der Waals surface area contributed by atoms with Gasteiger partial charge in [-0.1, -0.05) is 30.3 Å². The first-order valence-corrected chi connectivity index (χ1v) is 16.3. The Kier molecular flexibility index (Phi) is 7.86. The zero-order valence-electron chi connectivity index (χ0n) is 23.3. The average Bonchev–Trinajstić information content (AvgIpc) is 3.61. The maximum atomic E-state index is 12.7. The van der Waals surface area contributed by atoms with Crippen molar-refractivity contribution in [3.63, 3.8) is 0 Å². The molecule has 2 aromatic heterocycles. The van der Waals surface area contributed by atoms with Crippen molar-refractivity contribution in [2.24, 2.45) is 10.2 Å². The summed E-state index contributed by atoms with van der Waals surface area (Å²) in [5, 5.41) is 11.7. The van der Waals surface area contributed by atoms with Crippen molar-refractivity contribution in [3.8, 4) is 21.1 Å². The number of nitrogens with one attached hydrogen (secondary N) is 1. The van der Waals surface area contributed by atoms with Gasteiger partial charge < -0.3 is 5.32 Å². The van der Waals surface area contributed by atoms with Crippen molar-refractivity contribution in [1.29, 1.82) is 0 Å². The topological polar surface area (TPSA) is 151 Å². The lowest BCUT2D eigenvalue weighted by Crippen LogP contribution is -2.31. The molecule has 0 radical (unpaired) electrons. The molecule has 0 aliphatic rings. The number of Topliss-reactive ketones (excluding diaryl/α,β-unsaturated/α-hetero) is 1. The van der Waals surface area contributed by atoms with Gasteiger partial charge in [0.2, 0.25) is 6.04 Å². The molecule has 10 nitrogen and oxygen atoms in total. The maximum Gasteiger partial charge on any atom is 0.296 e. The second-order valence-electron chi connectivity index (χ2n) is 9.93. The fourth-order valence-electron chi connectivity index (χ4n) is 4.45. The molecule has 1 atom stereocenters. The van der Waals surface area contributed by atoms with Crippen molar-refractivity contribution in [1.82, 2.24) is 9.97 Å². The zero-order chi connectivity index (χ0) is 31.0. The van der Waals surface area contributed by atoms with E-state index in [9.17, 15) is 22.6 Å². The molecule has 0 bridgehead atoms. The van der Waals surface area contributed by atoms with Gasteiger partial charge in [-0.3, -0.25) is 14.1 Å². The number of amides is 1. The molecule has 0 saturated carbocycles. The summed E-state index contributed by atoms with van der Waals surface area (Å²) >= 11 is 2.95. The van der Waals surface area contributed by atoms with Crippen LogP contribution < -0.4 is 5.32 Å². The Morgan fingerprint density at radius 3 is 2.11 bits per heavy atom. The Labute approximate surface area is 259 Å². The molecule has 44 heavy (non-hydrogen) atoms. The summed E-state index contributed by atoms with van der Waals surface area (Å²) < 4.78 is 36.7. The van der Waals surface area contributed by atoms with Crippen LogP contribution in [0.4, 0.5) is 11.4 Å². The molecule has 6 aromatic rings. The van der Waals surface area contributed by atoms with E-state index in [1.54, 1.807) is 47.7 Å². The number of ketones is 1. The van der Waals surface area contributed by atoms with Gasteiger partial charge in [-0.15, -0.1) is 22.7 Å². The van der Waals surface area contributed by atoms with E-state index >= 15 is 0 Å². The predicted octanol–water partition coefficient (Wildman–Crippen LogP) is 7.48. The molecular weight excluding hydrogens is 619 g/mol. The van der Waals surface area contributed by atoms with Crippen molar-refractivity contribution in [2.75, 3.05) is 5.32 Å². The molecule has 0 saturated heterocycles. The van der Waals surface area contributed by atoms with Gasteiger partial charge >= 0.3 is 0 Å². The van der Waals surface area contributed by atoms with Gasteiger partial charge in [0.05, 0.1) is 20.4 Å². The van der Waals surface area contributed by atoms with Crippen molar-refractivity contribution < 1.29 is 22.6 Å². The number of aromatic nitrogens is 2. The predicted molar refractivity (Wildman–Crippen MR) is 172 cm³/mol. The van der Waals surface area contributed by atoms with Crippen LogP contribution in [-0.2, 0) is 19.7 Å². The zero-order valence-corrected chi connectivity index (χ0v) is 25.7. The fourth-order valence-corrected chi connectivity index (χ4v) is 6.99. The van der Waals surface area contributed by atoms with Crippen molar-refractivity contribution in [3.05, 3.63) is 90.5 Å². The van der Waals surface area contributed by atoms with Crippen LogP contribution in [0.2, 0.25) is 0 Å². The number of para-hydroxylation sites is 1. The third-order valence-electron chi connectivity index (χ3n) is 6.62. The number of hydrogen-bond acceptors (Lipinski definition) is 10. The highest BCUT2D eigenvalue weighted by Gasteiger charge is 2.24. The van der Waals surface area contributed by atoms with Crippen molar-refractivity contribution in [2.45, 2.75) is 24.8 Å². The van der Waals surface area contributed by atoms with Gasteiger partial charge in [-0.2, -0.15) is 18.6 Å². The van der Waals surface area contributed by atoms with E-state index in [-0.39, 0.29) is 5.69 Å². The minimum atomic E-state index is -4.76. The summed E-state index contributed by atoms with van der Waals surface area (Å²) in [6.45, 7) is 3.20. The number of hydrogen-bond donors (Lipinski definition) is 2. The molecule has 1 amide bonds. The SMILES string of the molecule is CC(=O)C(N=Nc1ccc(-c2nc3cc(-c4nc5cc(C)ccc5s4)ccc3s2)cc1S(=O)(=O)O)C(=O)Nc1ccccc1. The van der Waals surface area contributed by atoms with E-state index in [0.29, 0.717) is 21.8 Å². The van der Waals surface area contributed by atoms with Gasteiger partial charge in [-0.25, -0.2) is 9.97 Å². The van der Waals surface area contributed by atoms with Gasteiger partial charge in [0.15, 0.2) is 5.78 Å². The van der Waals surface area contributed by atoms with E-state index in [0.717, 1.165) is 31.1 Å². The highest BCUT2D eigenvalue weighted by molar-refractivity contribution is 7.86. The summed E-state index contributed by atoms with van der Waals surface area (Å²) in [4.78, 5) is 33.8. The molecule has 2 N–H and O–H groups in total. The van der Waals surface area contributed by atoms with Crippen LogP contribution >= 0.6 is 22.7 Å². The van der Waals surface area contributed by atoms with Crippen LogP contribution in [0.5, 0.6) is 0 Å². The monoisotopic (exact) mass is 641 g/mol. The van der Waals surface area contributed by atoms with Gasteiger partial charge in [0.25, 0.3) is 16.0 Å². The number of fused-ring (bicyclic) bond motifs is 2. The summed E-state index contributed by atoms with van der Waals surface area (Å²) in [5.74, 6) is -1.32. The molecule has 2 heterocycles.